The smallest absolute Gasteiger partial charge is 0.340 e. The van der Waals surface area contributed by atoms with Gasteiger partial charge in [-0.1, -0.05) is 34.4 Å². The van der Waals surface area contributed by atoms with Gasteiger partial charge < -0.3 is 4.74 Å². The van der Waals surface area contributed by atoms with E-state index in [-0.39, 0.29) is 12.3 Å². The van der Waals surface area contributed by atoms with Gasteiger partial charge in [-0.05, 0) is 30.7 Å². The van der Waals surface area contributed by atoms with Crippen LogP contribution in [0.4, 0.5) is 0 Å². The molecule has 0 aliphatic heterocycles. The summed E-state index contributed by atoms with van der Waals surface area (Å²) >= 11 is 11.9. The molecule has 0 radical (unpaired) electrons. The molecule has 18 heavy (non-hydrogen) atoms. The number of esters is 1. The van der Waals surface area contributed by atoms with Gasteiger partial charge in [0.2, 0.25) is 0 Å². The van der Waals surface area contributed by atoms with E-state index in [9.17, 15) is 4.79 Å². The summed E-state index contributed by atoms with van der Waals surface area (Å²) in [5.41, 5.74) is 8.61. The SMILES string of the molecule is CCOC(=O)/C(=C/c1c(Cl)cccc1Cl)N=[N+]=[N-]. The summed E-state index contributed by atoms with van der Waals surface area (Å²) in [6, 6.07) is 4.88. The zero-order valence-corrected chi connectivity index (χ0v) is 10.9. The summed E-state index contributed by atoms with van der Waals surface area (Å²) in [5.74, 6) is -0.730. The summed E-state index contributed by atoms with van der Waals surface area (Å²) in [4.78, 5) is 14.1. The molecule has 0 bridgehead atoms. The fourth-order valence-electron chi connectivity index (χ4n) is 1.17. The van der Waals surface area contributed by atoms with Crippen molar-refractivity contribution in [1.82, 2.24) is 0 Å². The number of hydrogen-bond acceptors (Lipinski definition) is 3. The van der Waals surface area contributed by atoms with Crippen LogP contribution in [0.15, 0.2) is 29.0 Å². The van der Waals surface area contributed by atoms with Gasteiger partial charge in [-0.3, -0.25) is 0 Å². The lowest BCUT2D eigenvalue weighted by atomic mass is 10.2. The maximum atomic E-state index is 11.5. The standard InChI is InChI=1S/C11H9Cl2N3O2/c1-2-18-11(17)10(15-16-14)6-7-8(12)4-3-5-9(7)13/h3-6H,2H2,1H3/b10-6-. The largest absolute Gasteiger partial charge is 0.462 e. The van der Waals surface area contributed by atoms with E-state index < -0.39 is 5.97 Å². The summed E-state index contributed by atoms with van der Waals surface area (Å²) in [6.07, 6.45) is 1.29. The van der Waals surface area contributed by atoms with Crippen LogP contribution in [0, 0.1) is 0 Å². The van der Waals surface area contributed by atoms with Crippen molar-refractivity contribution in [1.29, 1.82) is 0 Å². The summed E-state index contributed by atoms with van der Waals surface area (Å²) in [5, 5.41) is 3.96. The average Bonchev–Trinajstić information content (AvgIpc) is 2.33. The molecule has 0 aliphatic rings. The second kappa shape index (κ2) is 6.91. The highest BCUT2D eigenvalue weighted by Gasteiger charge is 2.11. The number of benzene rings is 1. The molecule has 0 aliphatic carbocycles. The molecular formula is C11H9Cl2N3O2. The van der Waals surface area contributed by atoms with Crippen LogP contribution in [0.1, 0.15) is 12.5 Å². The topological polar surface area (TPSA) is 75.1 Å². The van der Waals surface area contributed by atoms with Gasteiger partial charge in [-0.25, -0.2) is 4.79 Å². The van der Waals surface area contributed by atoms with E-state index in [2.05, 4.69) is 10.0 Å². The van der Waals surface area contributed by atoms with Crippen molar-refractivity contribution in [3.05, 3.63) is 49.9 Å². The van der Waals surface area contributed by atoms with Crippen LogP contribution < -0.4 is 0 Å². The minimum Gasteiger partial charge on any atom is -0.462 e. The Kier molecular flexibility index (Phi) is 5.52. The molecule has 1 aromatic rings. The van der Waals surface area contributed by atoms with Crippen LogP contribution in [0.2, 0.25) is 10.0 Å². The van der Waals surface area contributed by atoms with E-state index in [1.54, 1.807) is 25.1 Å². The molecule has 0 unspecified atom stereocenters. The van der Waals surface area contributed by atoms with Gasteiger partial charge in [0.1, 0.15) is 5.70 Å². The molecule has 5 nitrogen and oxygen atoms in total. The number of hydrogen-bond donors (Lipinski definition) is 0. The lowest BCUT2D eigenvalue weighted by molar-refractivity contribution is -0.138. The molecule has 94 valence electrons. The molecule has 0 amide bonds. The molecule has 7 heteroatoms. The molecule has 0 saturated heterocycles. The maximum absolute atomic E-state index is 11.5. The molecule has 0 spiro atoms. The van der Waals surface area contributed by atoms with E-state index in [0.717, 1.165) is 0 Å². The number of carbonyl (C=O) groups is 1. The van der Waals surface area contributed by atoms with Crippen molar-refractivity contribution < 1.29 is 9.53 Å². The molecular weight excluding hydrogens is 277 g/mol. The minimum atomic E-state index is -0.730. The first-order valence-corrected chi connectivity index (χ1v) is 5.73. The van der Waals surface area contributed by atoms with Crippen LogP contribution in [-0.2, 0) is 9.53 Å². The van der Waals surface area contributed by atoms with Gasteiger partial charge in [0.25, 0.3) is 0 Å². The number of halogens is 2. The highest BCUT2D eigenvalue weighted by molar-refractivity contribution is 6.37. The Hall–Kier alpha value is -1.68. The Bertz CT molecular complexity index is 517. The van der Waals surface area contributed by atoms with Gasteiger partial charge in [-0.15, -0.1) is 0 Å². The predicted molar refractivity (Wildman–Crippen MR) is 70.2 cm³/mol. The molecule has 0 aromatic heterocycles. The number of carbonyl (C=O) groups excluding carboxylic acids is 1. The lowest BCUT2D eigenvalue weighted by Crippen LogP contribution is -2.05. The van der Waals surface area contributed by atoms with Gasteiger partial charge >= 0.3 is 5.97 Å². The Balaban J connectivity index is 3.24. The van der Waals surface area contributed by atoms with Gasteiger partial charge in [0.15, 0.2) is 0 Å². The molecule has 1 aromatic carbocycles. The second-order valence-corrected chi connectivity index (χ2v) is 3.89. The Labute approximate surface area is 114 Å². The number of azide groups is 1. The second-order valence-electron chi connectivity index (χ2n) is 3.07. The van der Waals surface area contributed by atoms with Crippen molar-refractivity contribution >= 4 is 35.2 Å². The molecule has 0 saturated carbocycles. The maximum Gasteiger partial charge on any atom is 0.340 e. The number of nitrogens with zero attached hydrogens (tertiary/aromatic N) is 3. The van der Waals surface area contributed by atoms with E-state index >= 15 is 0 Å². The third-order valence-corrected chi connectivity index (χ3v) is 2.58. The summed E-state index contributed by atoms with van der Waals surface area (Å²) in [6.45, 7) is 1.82. The van der Waals surface area contributed by atoms with E-state index in [0.29, 0.717) is 15.6 Å². The van der Waals surface area contributed by atoms with Crippen molar-refractivity contribution in [3.8, 4) is 0 Å². The normalized spacial score (nSPS) is 10.7. The highest BCUT2D eigenvalue weighted by Crippen LogP contribution is 2.27. The van der Waals surface area contributed by atoms with Gasteiger partial charge in [-0.2, -0.15) is 0 Å². The van der Waals surface area contributed by atoms with Gasteiger partial charge in [0.05, 0.1) is 6.61 Å². The third kappa shape index (κ3) is 3.67. The molecule has 0 N–H and O–H groups in total. The Morgan fingerprint density at radius 3 is 2.61 bits per heavy atom. The fourth-order valence-corrected chi connectivity index (χ4v) is 1.67. The van der Waals surface area contributed by atoms with Gasteiger partial charge in [0, 0.05) is 20.5 Å². The first-order valence-electron chi connectivity index (χ1n) is 4.98. The van der Waals surface area contributed by atoms with Crippen molar-refractivity contribution in [2.75, 3.05) is 6.61 Å². The summed E-state index contributed by atoms with van der Waals surface area (Å²) < 4.78 is 4.75. The molecule has 0 fully saturated rings. The Morgan fingerprint density at radius 2 is 2.11 bits per heavy atom. The van der Waals surface area contributed by atoms with Crippen LogP contribution in [-0.4, -0.2) is 12.6 Å². The summed E-state index contributed by atoms with van der Waals surface area (Å²) in [7, 11) is 0. The minimum absolute atomic E-state index is 0.174. The van der Waals surface area contributed by atoms with Crippen LogP contribution >= 0.6 is 23.2 Å². The molecule has 1 rings (SSSR count). The Morgan fingerprint density at radius 1 is 1.50 bits per heavy atom. The predicted octanol–water partition coefficient (Wildman–Crippen LogP) is 4.21. The number of rotatable bonds is 4. The van der Waals surface area contributed by atoms with E-state index in [1.165, 1.54) is 6.08 Å². The fraction of sp³-hybridized carbons (Fsp3) is 0.182. The zero-order valence-electron chi connectivity index (χ0n) is 9.43. The van der Waals surface area contributed by atoms with Crippen LogP contribution in [0.5, 0.6) is 0 Å². The quantitative estimate of drug-likeness (QED) is 0.273. The van der Waals surface area contributed by atoms with E-state index in [1.807, 2.05) is 0 Å². The first kappa shape index (κ1) is 14.4. The third-order valence-electron chi connectivity index (χ3n) is 1.92. The average molecular weight is 286 g/mol. The highest BCUT2D eigenvalue weighted by atomic mass is 35.5. The molecule has 0 heterocycles. The van der Waals surface area contributed by atoms with Crippen molar-refractivity contribution in [2.24, 2.45) is 5.11 Å². The van der Waals surface area contributed by atoms with Crippen molar-refractivity contribution in [3.63, 3.8) is 0 Å². The lowest BCUT2D eigenvalue weighted by Gasteiger charge is -2.04. The van der Waals surface area contributed by atoms with Crippen molar-refractivity contribution in [2.45, 2.75) is 6.92 Å². The van der Waals surface area contributed by atoms with E-state index in [4.69, 9.17) is 33.5 Å². The van der Waals surface area contributed by atoms with Crippen LogP contribution in [0.25, 0.3) is 16.5 Å². The number of ether oxygens (including phenoxy) is 1. The zero-order chi connectivity index (χ0) is 13.5. The molecule has 0 atom stereocenters. The first-order chi connectivity index (χ1) is 8.60. The van der Waals surface area contributed by atoms with Crippen LogP contribution in [0.3, 0.4) is 0 Å². The monoisotopic (exact) mass is 285 g/mol.